The quantitative estimate of drug-likeness (QED) is 0.727. The molecule has 0 saturated carbocycles. The Balaban J connectivity index is 2.61. The molecule has 0 saturated heterocycles. The van der Waals surface area contributed by atoms with Crippen molar-refractivity contribution in [1.29, 1.82) is 0 Å². The van der Waals surface area contributed by atoms with Crippen LogP contribution in [0.3, 0.4) is 0 Å². The number of carbonyl (C=O) groups is 2. The molecule has 5 nitrogen and oxygen atoms in total. The predicted molar refractivity (Wildman–Crippen MR) is 77.1 cm³/mol. The minimum atomic E-state index is -0.797. The molecule has 19 heavy (non-hydrogen) atoms. The number of nitrogens with one attached hydrogen (secondary N) is 2. The fourth-order valence-corrected chi connectivity index (χ4v) is 2.05. The first-order valence-corrected chi connectivity index (χ1v) is 6.79. The number of rotatable bonds is 4. The zero-order valence-corrected chi connectivity index (χ0v) is 12.6. The molecule has 0 aliphatic heterocycles. The number of halogens is 2. The second-order valence-electron chi connectivity index (χ2n) is 3.97. The molecule has 1 atom stereocenters. The predicted octanol–water partition coefficient (Wildman–Crippen LogP) is 1.93. The van der Waals surface area contributed by atoms with E-state index in [0.29, 0.717) is 17.1 Å². The van der Waals surface area contributed by atoms with Gasteiger partial charge in [-0.05, 0) is 31.5 Å². The van der Waals surface area contributed by atoms with Crippen molar-refractivity contribution in [2.75, 3.05) is 11.9 Å². The molecule has 2 amide bonds. The average Bonchev–Trinajstić information content (AvgIpc) is 2.32. The zero-order chi connectivity index (χ0) is 14.4. The summed E-state index contributed by atoms with van der Waals surface area (Å²) in [5, 5.41) is 13.9. The number of benzene rings is 1. The van der Waals surface area contributed by atoms with Crippen molar-refractivity contribution in [3.8, 4) is 0 Å². The standard InChI is InChI=1S/C12H14BrClN2O3/c1-7(4-5-17)15-11(18)12(19)16-10-3-2-8(13)6-9(10)14/h2-3,6-7,17H,4-5H2,1H3,(H,15,18)(H,16,19)/t7-/m1/s1. The minimum Gasteiger partial charge on any atom is -0.396 e. The van der Waals surface area contributed by atoms with E-state index in [0.717, 1.165) is 4.47 Å². The Kier molecular flexibility index (Phi) is 6.27. The molecule has 0 radical (unpaired) electrons. The number of hydrogen-bond donors (Lipinski definition) is 3. The first-order valence-electron chi connectivity index (χ1n) is 5.61. The van der Waals surface area contributed by atoms with Crippen LogP contribution in [0, 0.1) is 0 Å². The molecule has 0 heterocycles. The van der Waals surface area contributed by atoms with Gasteiger partial charge in [0.1, 0.15) is 0 Å². The second kappa shape index (κ2) is 7.47. The number of anilines is 1. The lowest BCUT2D eigenvalue weighted by molar-refractivity contribution is -0.136. The van der Waals surface area contributed by atoms with E-state index in [-0.39, 0.29) is 12.6 Å². The van der Waals surface area contributed by atoms with Gasteiger partial charge in [-0.1, -0.05) is 27.5 Å². The Morgan fingerprint density at radius 2 is 2.11 bits per heavy atom. The molecular weight excluding hydrogens is 336 g/mol. The van der Waals surface area contributed by atoms with Gasteiger partial charge in [-0.3, -0.25) is 9.59 Å². The molecular formula is C12H14BrClN2O3. The van der Waals surface area contributed by atoms with Gasteiger partial charge in [0.25, 0.3) is 0 Å². The third-order valence-corrected chi connectivity index (χ3v) is 3.13. The number of aliphatic hydroxyl groups is 1. The molecule has 0 fully saturated rings. The lowest BCUT2D eigenvalue weighted by Gasteiger charge is -2.12. The molecule has 1 rings (SSSR count). The van der Waals surface area contributed by atoms with Crippen molar-refractivity contribution < 1.29 is 14.7 Å². The van der Waals surface area contributed by atoms with E-state index >= 15 is 0 Å². The number of carbonyl (C=O) groups excluding carboxylic acids is 2. The van der Waals surface area contributed by atoms with Gasteiger partial charge >= 0.3 is 11.8 Å². The summed E-state index contributed by atoms with van der Waals surface area (Å²) >= 11 is 9.17. The molecule has 0 bridgehead atoms. The highest BCUT2D eigenvalue weighted by Gasteiger charge is 2.17. The highest BCUT2D eigenvalue weighted by molar-refractivity contribution is 9.10. The number of hydrogen-bond acceptors (Lipinski definition) is 3. The fraction of sp³-hybridized carbons (Fsp3) is 0.333. The van der Waals surface area contributed by atoms with Crippen LogP contribution in [0.15, 0.2) is 22.7 Å². The Bertz CT molecular complexity index is 482. The third-order valence-electron chi connectivity index (χ3n) is 2.33. The van der Waals surface area contributed by atoms with Crippen LogP contribution in [-0.4, -0.2) is 29.6 Å². The van der Waals surface area contributed by atoms with Gasteiger partial charge in [0.15, 0.2) is 0 Å². The SMILES string of the molecule is C[C@H](CCO)NC(=O)C(=O)Nc1ccc(Br)cc1Cl. The minimum absolute atomic E-state index is 0.0540. The first-order chi connectivity index (χ1) is 8.93. The van der Waals surface area contributed by atoms with Crippen LogP contribution in [-0.2, 0) is 9.59 Å². The molecule has 0 aliphatic rings. The fourth-order valence-electron chi connectivity index (χ4n) is 1.33. The van der Waals surface area contributed by atoms with Crippen LogP contribution in [0.1, 0.15) is 13.3 Å². The van der Waals surface area contributed by atoms with Crippen molar-refractivity contribution in [3.63, 3.8) is 0 Å². The number of amides is 2. The highest BCUT2D eigenvalue weighted by atomic mass is 79.9. The maximum atomic E-state index is 11.6. The van der Waals surface area contributed by atoms with Gasteiger partial charge < -0.3 is 15.7 Å². The van der Waals surface area contributed by atoms with Crippen molar-refractivity contribution in [3.05, 3.63) is 27.7 Å². The normalized spacial score (nSPS) is 11.8. The smallest absolute Gasteiger partial charge is 0.313 e. The van der Waals surface area contributed by atoms with Gasteiger partial charge in [0.2, 0.25) is 0 Å². The monoisotopic (exact) mass is 348 g/mol. The van der Waals surface area contributed by atoms with Gasteiger partial charge in [0.05, 0.1) is 10.7 Å². The van der Waals surface area contributed by atoms with Gasteiger partial charge in [0, 0.05) is 17.1 Å². The summed E-state index contributed by atoms with van der Waals surface area (Å²) in [5.41, 5.74) is 0.361. The van der Waals surface area contributed by atoms with Crippen molar-refractivity contribution >= 4 is 45.0 Å². The summed E-state index contributed by atoms with van der Waals surface area (Å²) in [5.74, 6) is -1.56. The largest absolute Gasteiger partial charge is 0.396 e. The van der Waals surface area contributed by atoms with Crippen LogP contribution in [0.5, 0.6) is 0 Å². The van der Waals surface area contributed by atoms with E-state index in [2.05, 4.69) is 26.6 Å². The van der Waals surface area contributed by atoms with E-state index in [1.54, 1.807) is 25.1 Å². The first kappa shape index (κ1) is 15.9. The van der Waals surface area contributed by atoms with Crippen molar-refractivity contribution in [2.24, 2.45) is 0 Å². The highest BCUT2D eigenvalue weighted by Crippen LogP contribution is 2.25. The van der Waals surface area contributed by atoms with Crippen molar-refractivity contribution in [2.45, 2.75) is 19.4 Å². The molecule has 0 spiro atoms. The third kappa shape index (κ3) is 5.18. The van der Waals surface area contributed by atoms with E-state index in [1.807, 2.05) is 0 Å². The molecule has 7 heteroatoms. The second-order valence-corrected chi connectivity index (χ2v) is 5.29. The summed E-state index contributed by atoms with van der Waals surface area (Å²) in [7, 11) is 0. The maximum Gasteiger partial charge on any atom is 0.313 e. The van der Waals surface area contributed by atoms with Gasteiger partial charge in [-0.15, -0.1) is 0 Å². The Morgan fingerprint density at radius 1 is 1.42 bits per heavy atom. The maximum absolute atomic E-state index is 11.6. The van der Waals surface area contributed by atoms with Crippen LogP contribution >= 0.6 is 27.5 Å². The van der Waals surface area contributed by atoms with Gasteiger partial charge in [-0.25, -0.2) is 0 Å². The topological polar surface area (TPSA) is 78.4 Å². The van der Waals surface area contributed by atoms with E-state index in [1.165, 1.54) is 0 Å². The summed E-state index contributed by atoms with van der Waals surface area (Å²) in [6, 6.07) is 4.63. The van der Waals surface area contributed by atoms with Crippen LogP contribution in [0.4, 0.5) is 5.69 Å². The molecule has 0 unspecified atom stereocenters. The van der Waals surface area contributed by atoms with Crippen molar-refractivity contribution in [1.82, 2.24) is 5.32 Å². The summed E-state index contributed by atoms with van der Waals surface area (Å²) < 4.78 is 0.775. The summed E-state index contributed by atoms with van der Waals surface area (Å²) in [6.45, 7) is 1.65. The van der Waals surface area contributed by atoms with Crippen LogP contribution < -0.4 is 10.6 Å². The van der Waals surface area contributed by atoms with E-state index in [4.69, 9.17) is 16.7 Å². The van der Waals surface area contributed by atoms with Crippen LogP contribution in [0.25, 0.3) is 0 Å². The molecule has 104 valence electrons. The summed E-state index contributed by atoms with van der Waals surface area (Å²) in [6.07, 6.45) is 0.387. The lowest BCUT2D eigenvalue weighted by Crippen LogP contribution is -2.40. The van der Waals surface area contributed by atoms with E-state index < -0.39 is 11.8 Å². The zero-order valence-electron chi connectivity index (χ0n) is 10.2. The lowest BCUT2D eigenvalue weighted by atomic mass is 10.2. The van der Waals surface area contributed by atoms with Crippen LogP contribution in [0.2, 0.25) is 5.02 Å². The van der Waals surface area contributed by atoms with Gasteiger partial charge in [-0.2, -0.15) is 0 Å². The Hall–Kier alpha value is -1.11. The molecule has 1 aromatic carbocycles. The summed E-state index contributed by atoms with van der Waals surface area (Å²) in [4.78, 5) is 23.2. The van der Waals surface area contributed by atoms with E-state index in [9.17, 15) is 9.59 Å². The number of aliphatic hydroxyl groups excluding tert-OH is 1. The molecule has 3 N–H and O–H groups in total. The average molecular weight is 350 g/mol. The Morgan fingerprint density at radius 3 is 2.68 bits per heavy atom. The molecule has 1 aromatic rings. The molecule has 0 aliphatic carbocycles. The molecule has 0 aromatic heterocycles. The Labute approximate surface area is 124 Å².